The Morgan fingerprint density at radius 1 is 0.968 bits per heavy atom. The number of carbonyl (C=O) groups is 1. The highest BCUT2D eigenvalue weighted by molar-refractivity contribution is 5.94. The summed E-state index contributed by atoms with van der Waals surface area (Å²) >= 11 is 0. The van der Waals surface area contributed by atoms with Gasteiger partial charge in [-0.2, -0.15) is 5.10 Å². The van der Waals surface area contributed by atoms with E-state index in [-0.39, 0.29) is 18.0 Å². The fourth-order valence-electron chi connectivity index (χ4n) is 3.80. The largest absolute Gasteiger partial charge is 0.311 e. The van der Waals surface area contributed by atoms with E-state index in [2.05, 4.69) is 10.1 Å². The summed E-state index contributed by atoms with van der Waals surface area (Å²) in [6.45, 7) is 4.29. The van der Waals surface area contributed by atoms with Crippen LogP contribution in [-0.4, -0.2) is 27.2 Å². The number of fused-ring (bicyclic) bond motifs is 1. The minimum atomic E-state index is -0.261. The van der Waals surface area contributed by atoms with Gasteiger partial charge in [0.15, 0.2) is 0 Å². The first kappa shape index (κ1) is 20.5. The number of amides is 1. The number of rotatable bonds is 6. The Morgan fingerprint density at radius 3 is 2.35 bits per heavy atom. The summed E-state index contributed by atoms with van der Waals surface area (Å²) in [6.07, 6.45) is 4.02. The Kier molecular flexibility index (Phi) is 5.89. The first-order valence-electron chi connectivity index (χ1n) is 10.3. The van der Waals surface area contributed by atoms with Gasteiger partial charge in [0.05, 0.1) is 11.1 Å². The second kappa shape index (κ2) is 8.92. The van der Waals surface area contributed by atoms with Crippen LogP contribution < -0.4 is 10.5 Å². The summed E-state index contributed by atoms with van der Waals surface area (Å²) in [6, 6.07) is 19.0. The van der Waals surface area contributed by atoms with E-state index >= 15 is 0 Å². The number of pyridine rings is 1. The van der Waals surface area contributed by atoms with E-state index in [1.807, 2.05) is 68.4 Å². The van der Waals surface area contributed by atoms with Gasteiger partial charge in [-0.15, -0.1) is 0 Å². The molecule has 0 aliphatic heterocycles. The minimum Gasteiger partial charge on any atom is -0.311 e. The topological polar surface area (TPSA) is 68.1 Å². The van der Waals surface area contributed by atoms with Gasteiger partial charge in [-0.25, -0.2) is 4.68 Å². The predicted octanol–water partition coefficient (Wildman–Crippen LogP) is 3.74. The van der Waals surface area contributed by atoms with E-state index in [1.165, 1.54) is 4.68 Å². The van der Waals surface area contributed by atoms with Gasteiger partial charge in [-0.05, 0) is 49.2 Å². The summed E-state index contributed by atoms with van der Waals surface area (Å²) < 4.78 is 1.29. The van der Waals surface area contributed by atoms with Crippen molar-refractivity contribution in [2.45, 2.75) is 26.8 Å². The predicted molar refractivity (Wildman–Crippen MR) is 122 cm³/mol. The maximum Gasteiger partial charge on any atom is 0.275 e. The Balaban J connectivity index is 1.73. The van der Waals surface area contributed by atoms with Gasteiger partial charge in [-0.1, -0.05) is 36.4 Å². The lowest BCUT2D eigenvalue weighted by Gasteiger charge is -2.23. The molecule has 156 valence electrons. The van der Waals surface area contributed by atoms with Crippen LogP contribution in [0.25, 0.3) is 10.8 Å². The normalized spacial score (nSPS) is 10.9. The molecule has 0 saturated carbocycles. The first-order valence-corrected chi connectivity index (χ1v) is 10.3. The number of aromatic nitrogens is 3. The molecule has 4 aromatic rings. The van der Waals surface area contributed by atoms with Crippen molar-refractivity contribution in [3.05, 3.63) is 100 Å². The average molecular weight is 412 g/mol. The van der Waals surface area contributed by atoms with Gasteiger partial charge >= 0.3 is 0 Å². The van der Waals surface area contributed by atoms with Crippen LogP contribution in [-0.2, 0) is 17.8 Å². The van der Waals surface area contributed by atoms with E-state index in [0.29, 0.717) is 18.4 Å². The van der Waals surface area contributed by atoms with E-state index < -0.39 is 0 Å². The number of aryl methyl sites for hydroxylation is 1. The lowest BCUT2D eigenvalue weighted by Crippen LogP contribution is -2.38. The zero-order valence-electron chi connectivity index (χ0n) is 17.7. The quantitative estimate of drug-likeness (QED) is 0.484. The molecule has 0 aliphatic carbocycles. The molecule has 6 nitrogen and oxygen atoms in total. The zero-order valence-corrected chi connectivity index (χ0v) is 17.7. The van der Waals surface area contributed by atoms with Crippen LogP contribution in [0, 0.1) is 6.92 Å². The number of anilines is 1. The van der Waals surface area contributed by atoms with Crippen LogP contribution in [0.1, 0.15) is 23.7 Å². The van der Waals surface area contributed by atoms with Crippen molar-refractivity contribution < 1.29 is 4.79 Å². The standard InChI is InChI=1S/C25H24N4O2/c1-3-28(23-11-7-4-8-18(23)2)24(30)17-29-25(31)21-10-6-5-9-20(21)22(27-29)16-19-12-14-26-15-13-19/h4-15H,3,16-17H2,1-2H3. The zero-order chi connectivity index (χ0) is 21.8. The third-order valence-corrected chi connectivity index (χ3v) is 5.37. The van der Waals surface area contributed by atoms with Crippen LogP contribution in [0.5, 0.6) is 0 Å². The summed E-state index contributed by atoms with van der Waals surface area (Å²) in [7, 11) is 0. The second-order valence-electron chi connectivity index (χ2n) is 7.41. The fraction of sp³-hybridized carbons (Fsp3) is 0.200. The van der Waals surface area contributed by atoms with Crippen LogP contribution in [0.15, 0.2) is 77.9 Å². The number of carbonyl (C=O) groups excluding carboxylic acids is 1. The minimum absolute atomic E-state index is 0.116. The van der Waals surface area contributed by atoms with E-state index in [1.54, 1.807) is 23.4 Å². The molecule has 0 radical (unpaired) electrons. The Labute approximate surface area is 180 Å². The Hall–Kier alpha value is -3.80. The van der Waals surface area contributed by atoms with Gasteiger partial charge in [0.1, 0.15) is 6.54 Å². The highest BCUT2D eigenvalue weighted by atomic mass is 16.2. The molecule has 0 fully saturated rings. The molecule has 31 heavy (non-hydrogen) atoms. The van der Waals surface area contributed by atoms with Crippen molar-refractivity contribution in [1.29, 1.82) is 0 Å². The molecular formula is C25H24N4O2. The molecule has 2 aromatic heterocycles. The van der Waals surface area contributed by atoms with Crippen molar-refractivity contribution in [1.82, 2.24) is 14.8 Å². The van der Waals surface area contributed by atoms with E-state index in [4.69, 9.17) is 0 Å². The molecule has 2 heterocycles. The molecule has 2 aromatic carbocycles. The molecule has 4 rings (SSSR count). The van der Waals surface area contributed by atoms with Crippen molar-refractivity contribution >= 4 is 22.4 Å². The van der Waals surface area contributed by atoms with E-state index in [9.17, 15) is 9.59 Å². The molecule has 0 N–H and O–H groups in total. The van der Waals surface area contributed by atoms with Gasteiger partial charge < -0.3 is 4.90 Å². The van der Waals surface area contributed by atoms with E-state index in [0.717, 1.165) is 27.9 Å². The van der Waals surface area contributed by atoms with Crippen molar-refractivity contribution in [2.75, 3.05) is 11.4 Å². The van der Waals surface area contributed by atoms with Gasteiger partial charge in [0.2, 0.25) is 5.91 Å². The summed E-state index contributed by atoms with van der Waals surface area (Å²) in [4.78, 5) is 32.0. The number of nitrogens with zero attached hydrogens (tertiary/aromatic N) is 4. The van der Waals surface area contributed by atoms with Gasteiger partial charge in [0.25, 0.3) is 5.56 Å². The number of para-hydroxylation sites is 1. The molecule has 0 aliphatic rings. The number of hydrogen-bond acceptors (Lipinski definition) is 4. The SMILES string of the molecule is CCN(C(=O)Cn1nc(Cc2ccncc2)c2ccccc2c1=O)c1ccccc1C. The molecule has 0 saturated heterocycles. The lowest BCUT2D eigenvalue weighted by atomic mass is 10.1. The molecule has 1 amide bonds. The number of likely N-dealkylation sites (N-methyl/N-ethyl adjacent to an activating group) is 1. The Morgan fingerprint density at radius 2 is 1.65 bits per heavy atom. The molecular weight excluding hydrogens is 388 g/mol. The molecule has 0 bridgehead atoms. The summed E-state index contributed by atoms with van der Waals surface area (Å²) in [5.74, 6) is -0.170. The third kappa shape index (κ3) is 4.23. The monoisotopic (exact) mass is 412 g/mol. The first-order chi connectivity index (χ1) is 15.1. The highest BCUT2D eigenvalue weighted by Gasteiger charge is 2.19. The fourth-order valence-corrected chi connectivity index (χ4v) is 3.80. The van der Waals surface area contributed by atoms with Gasteiger partial charge in [0, 0.05) is 36.4 Å². The van der Waals surface area contributed by atoms with Crippen molar-refractivity contribution in [3.8, 4) is 0 Å². The molecule has 6 heteroatoms. The summed E-state index contributed by atoms with van der Waals surface area (Å²) in [5, 5.41) is 5.97. The maximum absolute atomic E-state index is 13.2. The highest BCUT2D eigenvalue weighted by Crippen LogP contribution is 2.20. The number of benzene rings is 2. The Bertz CT molecular complexity index is 1280. The maximum atomic E-state index is 13.2. The van der Waals surface area contributed by atoms with Crippen LogP contribution in [0.3, 0.4) is 0 Å². The smallest absolute Gasteiger partial charge is 0.275 e. The second-order valence-corrected chi connectivity index (χ2v) is 7.41. The third-order valence-electron chi connectivity index (χ3n) is 5.37. The van der Waals surface area contributed by atoms with Crippen LogP contribution in [0.2, 0.25) is 0 Å². The van der Waals surface area contributed by atoms with Crippen molar-refractivity contribution in [2.24, 2.45) is 0 Å². The number of hydrogen-bond donors (Lipinski definition) is 0. The molecule has 0 unspecified atom stereocenters. The lowest BCUT2D eigenvalue weighted by molar-refractivity contribution is -0.119. The molecule has 0 atom stereocenters. The van der Waals surface area contributed by atoms with Crippen LogP contribution in [0.4, 0.5) is 5.69 Å². The van der Waals surface area contributed by atoms with Gasteiger partial charge in [-0.3, -0.25) is 14.6 Å². The average Bonchev–Trinajstić information content (AvgIpc) is 2.79. The van der Waals surface area contributed by atoms with Crippen molar-refractivity contribution in [3.63, 3.8) is 0 Å². The summed E-state index contributed by atoms with van der Waals surface area (Å²) in [5.41, 5.74) is 3.39. The van der Waals surface area contributed by atoms with Crippen LogP contribution >= 0.6 is 0 Å². The molecule has 0 spiro atoms.